The van der Waals surface area contributed by atoms with E-state index in [1.54, 1.807) is 36.4 Å². The zero-order valence-corrected chi connectivity index (χ0v) is 25.9. The maximum Gasteiger partial charge on any atom is 0.301 e. The molecule has 1 aromatic heterocycles. The van der Waals surface area contributed by atoms with Crippen LogP contribution in [0.1, 0.15) is 61.9 Å². The molecule has 1 fully saturated rings. The van der Waals surface area contributed by atoms with E-state index in [1.807, 2.05) is 45.9 Å². The van der Waals surface area contributed by atoms with Crippen molar-refractivity contribution in [2.75, 3.05) is 24.7 Å². The Labute approximate surface area is 255 Å². The van der Waals surface area contributed by atoms with E-state index in [1.165, 1.54) is 16.2 Å². The largest absolute Gasteiger partial charge is 0.507 e. The molecule has 0 radical (unpaired) electrons. The normalized spacial score (nSPS) is 16.2. The number of aliphatic hydroxyl groups is 1. The number of thiazole rings is 1. The summed E-state index contributed by atoms with van der Waals surface area (Å²) in [5, 5.41) is 12.0. The minimum atomic E-state index is -0.947. The summed E-state index contributed by atoms with van der Waals surface area (Å²) in [7, 11) is 0. The van der Waals surface area contributed by atoms with Crippen molar-refractivity contribution in [2.24, 2.45) is 0 Å². The van der Waals surface area contributed by atoms with E-state index in [0.717, 1.165) is 34.2 Å². The second kappa shape index (κ2) is 12.9. The lowest BCUT2D eigenvalue weighted by atomic mass is 9.95. The fourth-order valence-electron chi connectivity index (χ4n) is 5.25. The Balaban J connectivity index is 1.69. The van der Waals surface area contributed by atoms with Crippen molar-refractivity contribution in [3.8, 4) is 17.2 Å². The highest BCUT2D eigenvalue weighted by Gasteiger charge is 2.48. The van der Waals surface area contributed by atoms with Crippen molar-refractivity contribution in [1.29, 1.82) is 0 Å². The number of carbonyl (C=O) groups is 2. The van der Waals surface area contributed by atoms with E-state index >= 15 is 0 Å². The molecule has 224 valence electrons. The quantitative estimate of drug-likeness (QED) is 0.0823. The molecule has 5 rings (SSSR count). The van der Waals surface area contributed by atoms with Crippen molar-refractivity contribution in [1.82, 2.24) is 4.98 Å². The van der Waals surface area contributed by atoms with Crippen LogP contribution in [0.25, 0.3) is 16.0 Å². The van der Waals surface area contributed by atoms with Gasteiger partial charge in [-0.25, -0.2) is 4.98 Å². The number of aliphatic hydroxyl groups excluding tert-OH is 1. The molecule has 2 heterocycles. The van der Waals surface area contributed by atoms with Gasteiger partial charge in [-0.3, -0.25) is 14.5 Å². The van der Waals surface area contributed by atoms with E-state index in [9.17, 15) is 14.7 Å². The molecule has 3 aromatic carbocycles. The average molecular weight is 601 g/mol. The van der Waals surface area contributed by atoms with Gasteiger partial charge in [0.2, 0.25) is 0 Å². The lowest BCUT2D eigenvalue weighted by molar-refractivity contribution is -0.132. The molecule has 43 heavy (non-hydrogen) atoms. The number of ketones is 1. The number of benzene rings is 3. The van der Waals surface area contributed by atoms with E-state index in [0.29, 0.717) is 53.3 Å². The first-order valence-electron chi connectivity index (χ1n) is 14.6. The number of aryl methyl sites for hydroxylation is 2. The third kappa shape index (κ3) is 5.95. The summed E-state index contributed by atoms with van der Waals surface area (Å²) < 4.78 is 18.4. The van der Waals surface area contributed by atoms with Crippen molar-refractivity contribution < 1.29 is 28.9 Å². The Hall–Kier alpha value is -4.37. The zero-order chi connectivity index (χ0) is 30.7. The number of fused-ring (bicyclic) bond motifs is 1. The van der Waals surface area contributed by atoms with Crippen LogP contribution in [0.4, 0.5) is 5.13 Å². The summed E-state index contributed by atoms with van der Waals surface area (Å²) in [5.74, 6) is -0.108. The van der Waals surface area contributed by atoms with E-state index in [2.05, 4.69) is 6.92 Å². The number of carbonyl (C=O) groups excluding carboxylic acids is 2. The highest BCUT2D eigenvalue weighted by molar-refractivity contribution is 7.22. The maximum atomic E-state index is 13.8. The molecule has 8 nitrogen and oxygen atoms in total. The predicted molar refractivity (Wildman–Crippen MR) is 170 cm³/mol. The van der Waals surface area contributed by atoms with Crippen LogP contribution in [0.5, 0.6) is 17.2 Å². The van der Waals surface area contributed by atoms with Crippen LogP contribution in [0.15, 0.2) is 60.2 Å². The van der Waals surface area contributed by atoms with Crippen LogP contribution in [0.3, 0.4) is 0 Å². The van der Waals surface area contributed by atoms with Gasteiger partial charge >= 0.3 is 5.91 Å². The maximum absolute atomic E-state index is 13.8. The molecule has 1 amide bonds. The lowest BCUT2D eigenvalue weighted by Gasteiger charge is -2.24. The minimum absolute atomic E-state index is 0.0246. The molecule has 1 unspecified atom stereocenters. The number of hydrogen-bond acceptors (Lipinski definition) is 8. The number of hydrogen-bond donors (Lipinski definition) is 1. The van der Waals surface area contributed by atoms with Gasteiger partial charge < -0.3 is 19.3 Å². The van der Waals surface area contributed by atoms with Gasteiger partial charge in [0.05, 0.1) is 41.7 Å². The molecule has 1 aliphatic rings. The molecule has 0 aliphatic carbocycles. The van der Waals surface area contributed by atoms with Gasteiger partial charge in [0.1, 0.15) is 11.5 Å². The van der Waals surface area contributed by atoms with Crippen molar-refractivity contribution in [3.05, 3.63) is 82.4 Å². The third-order valence-electron chi connectivity index (χ3n) is 7.25. The van der Waals surface area contributed by atoms with E-state index in [4.69, 9.17) is 19.2 Å². The third-order valence-corrected chi connectivity index (χ3v) is 8.25. The van der Waals surface area contributed by atoms with E-state index in [-0.39, 0.29) is 11.3 Å². The Kier molecular flexibility index (Phi) is 9.01. The van der Waals surface area contributed by atoms with Gasteiger partial charge in [-0.1, -0.05) is 36.8 Å². The lowest BCUT2D eigenvalue weighted by Crippen LogP contribution is -2.29. The number of aromatic nitrogens is 1. The van der Waals surface area contributed by atoms with Gasteiger partial charge in [-0.15, -0.1) is 0 Å². The summed E-state index contributed by atoms with van der Waals surface area (Å²) in [6.45, 7) is 11.3. The highest BCUT2D eigenvalue weighted by atomic mass is 32.1. The van der Waals surface area contributed by atoms with Crippen LogP contribution in [-0.4, -0.2) is 41.6 Å². The molecule has 1 aliphatic heterocycles. The Morgan fingerprint density at radius 2 is 1.67 bits per heavy atom. The van der Waals surface area contributed by atoms with Crippen molar-refractivity contribution in [3.63, 3.8) is 0 Å². The first-order chi connectivity index (χ1) is 20.8. The first-order valence-corrected chi connectivity index (χ1v) is 15.4. The molecule has 1 N–H and O–H groups in total. The van der Waals surface area contributed by atoms with Gasteiger partial charge in [0.25, 0.3) is 5.78 Å². The minimum Gasteiger partial charge on any atom is -0.507 e. The van der Waals surface area contributed by atoms with Crippen LogP contribution in [-0.2, 0) is 9.59 Å². The SMILES string of the molecule is CCCCOc1ccc(C2C(=C(O)c3ccc(OCC)cc3)C(=O)C(=O)N2c2nc3c(C)cc(C)cc3s2)cc1OCC. The molecule has 0 spiro atoms. The number of Topliss-reactive ketones (excluding diaryl/α,β-unsaturated/α-hetero) is 1. The van der Waals surface area contributed by atoms with Crippen LogP contribution in [0.2, 0.25) is 0 Å². The number of unbranched alkanes of at least 4 members (excludes halogenated alkanes) is 1. The van der Waals surface area contributed by atoms with Crippen LogP contribution < -0.4 is 19.1 Å². The first kappa shape index (κ1) is 30.1. The zero-order valence-electron chi connectivity index (χ0n) is 25.1. The molecular formula is C34H36N2O6S. The standard InChI is InChI=1S/C34H36N2O6S/c1-6-9-16-42-25-15-12-23(19-26(25)41-8-3)30-28(31(37)22-10-13-24(14-11-22)40-7-2)32(38)33(39)36(30)34-35-29-21(5)17-20(4)18-27(29)43-34/h10-15,17-19,30,37H,6-9,16H2,1-5H3. The van der Waals surface area contributed by atoms with Gasteiger partial charge in [0, 0.05) is 5.56 Å². The summed E-state index contributed by atoms with van der Waals surface area (Å²) >= 11 is 1.34. The van der Waals surface area contributed by atoms with Crippen molar-refractivity contribution in [2.45, 2.75) is 53.5 Å². The second-order valence-corrected chi connectivity index (χ2v) is 11.4. The Morgan fingerprint density at radius 3 is 2.37 bits per heavy atom. The number of nitrogens with zero attached hydrogens (tertiary/aromatic N) is 2. The summed E-state index contributed by atoms with van der Waals surface area (Å²) in [6.07, 6.45) is 1.88. The summed E-state index contributed by atoms with van der Waals surface area (Å²) in [6, 6.07) is 15.3. The Morgan fingerprint density at radius 1 is 0.930 bits per heavy atom. The number of anilines is 1. The predicted octanol–water partition coefficient (Wildman–Crippen LogP) is 7.52. The van der Waals surface area contributed by atoms with E-state index < -0.39 is 17.7 Å². The summed E-state index contributed by atoms with van der Waals surface area (Å²) in [4.78, 5) is 33.7. The fraction of sp³-hybridized carbons (Fsp3) is 0.324. The van der Waals surface area contributed by atoms with Gasteiger partial charge in [-0.05, 0) is 93.3 Å². The average Bonchev–Trinajstić information content (AvgIpc) is 3.52. The molecule has 0 bridgehead atoms. The summed E-state index contributed by atoms with van der Waals surface area (Å²) in [5.41, 5.74) is 3.79. The monoisotopic (exact) mass is 600 g/mol. The molecule has 9 heteroatoms. The molecular weight excluding hydrogens is 564 g/mol. The van der Waals surface area contributed by atoms with Gasteiger partial charge in [-0.2, -0.15) is 0 Å². The smallest absolute Gasteiger partial charge is 0.301 e. The number of amides is 1. The highest BCUT2D eigenvalue weighted by Crippen LogP contribution is 2.46. The molecule has 0 saturated carbocycles. The van der Waals surface area contributed by atoms with Crippen molar-refractivity contribution >= 4 is 44.1 Å². The number of ether oxygens (including phenoxy) is 3. The number of rotatable bonds is 11. The topological polar surface area (TPSA) is 98.2 Å². The Bertz CT molecular complexity index is 1690. The van der Waals surface area contributed by atoms with Crippen LogP contribution in [0, 0.1) is 13.8 Å². The molecule has 1 atom stereocenters. The second-order valence-electron chi connectivity index (χ2n) is 10.4. The fourth-order valence-corrected chi connectivity index (χ4v) is 6.42. The molecule has 4 aromatic rings. The van der Waals surface area contributed by atoms with Crippen LogP contribution >= 0.6 is 11.3 Å². The molecule has 1 saturated heterocycles. The van der Waals surface area contributed by atoms with Gasteiger partial charge in [0.15, 0.2) is 16.6 Å².